The Morgan fingerprint density at radius 2 is 2.20 bits per heavy atom. The van der Waals surface area contributed by atoms with Gasteiger partial charge in [-0.1, -0.05) is 0 Å². The lowest BCUT2D eigenvalue weighted by Gasteiger charge is -2.23. The molecule has 2 heterocycles. The third-order valence-corrected chi connectivity index (χ3v) is 4.48. The minimum absolute atomic E-state index is 0. The van der Waals surface area contributed by atoms with Crippen LogP contribution in [0.25, 0.3) is 0 Å². The van der Waals surface area contributed by atoms with Crippen LogP contribution in [0.5, 0.6) is 0 Å². The summed E-state index contributed by atoms with van der Waals surface area (Å²) in [5.74, 6) is -0.242. The number of rotatable bonds is 1. The Morgan fingerprint density at radius 1 is 1.40 bits per heavy atom. The molecule has 3 rings (SSSR count). The summed E-state index contributed by atoms with van der Waals surface area (Å²) in [4.78, 5) is 14.4. The Bertz CT molecular complexity index is 515. The lowest BCUT2D eigenvalue weighted by molar-refractivity contribution is 0.0775. The summed E-state index contributed by atoms with van der Waals surface area (Å²) in [6.07, 6.45) is 2.23. The van der Waals surface area contributed by atoms with Gasteiger partial charge in [-0.2, -0.15) is 0 Å². The van der Waals surface area contributed by atoms with Gasteiger partial charge in [-0.25, -0.2) is 4.39 Å². The van der Waals surface area contributed by atoms with Gasteiger partial charge in [-0.15, -0.1) is 12.4 Å². The molecule has 1 aromatic carbocycles. The lowest BCUT2D eigenvalue weighted by atomic mass is 9.86. The van der Waals surface area contributed by atoms with Crippen molar-refractivity contribution in [1.82, 2.24) is 10.2 Å². The summed E-state index contributed by atoms with van der Waals surface area (Å²) >= 11 is 0. The van der Waals surface area contributed by atoms with Gasteiger partial charge in [0.05, 0.1) is 0 Å². The number of hydrogen-bond donors (Lipinski definition) is 1. The quantitative estimate of drug-likeness (QED) is 0.863. The number of nitrogens with zero attached hydrogens (tertiary/aromatic N) is 1. The normalized spacial score (nSPS) is 25.0. The molecule has 110 valence electrons. The van der Waals surface area contributed by atoms with E-state index in [1.54, 1.807) is 13.0 Å². The van der Waals surface area contributed by atoms with E-state index in [1.807, 2.05) is 4.90 Å². The number of aryl methyl sites for hydroxylation is 1. The van der Waals surface area contributed by atoms with Crippen LogP contribution in [-0.2, 0) is 0 Å². The molecule has 0 bridgehead atoms. The Balaban J connectivity index is 0.00000147. The van der Waals surface area contributed by atoms with Crippen molar-refractivity contribution in [1.29, 1.82) is 0 Å². The number of nitrogens with one attached hydrogen (secondary N) is 1. The van der Waals surface area contributed by atoms with Crippen LogP contribution in [0.1, 0.15) is 28.8 Å². The minimum atomic E-state index is -0.285. The summed E-state index contributed by atoms with van der Waals surface area (Å²) < 4.78 is 13.1. The zero-order valence-corrected chi connectivity index (χ0v) is 12.4. The monoisotopic (exact) mass is 298 g/mol. The minimum Gasteiger partial charge on any atom is -0.338 e. The van der Waals surface area contributed by atoms with Gasteiger partial charge in [0.15, 0.2) is 0 Å². The first-order valence-electron chi connectivity index (χ1n) is 6.86. The molecule has 2 aliphatic rings. The predicted octanol–water partition coefficient (Wildman–Crippen LogP) is 2.38. The molecule has 0 aliphatic carbocycles. The van der Waals surface area contributed by atoms with Crippen molar-refractivity contribution in [3.8, 4) is 0 Å². The number of carbonyl (C=O) groups is 1. The van der Waals surface area contributed by atoms with Gasteiger partial charge in [0, 0.05) is 30.6 Å². The average Bonchev–Trinajstić information content (AvgIpc) is 3.00. The first-order valence-corrected chi connectivity index (χ1v) is 6.86. The van der Waals surface area contributed by atoms with E-state index in [1.165, 1.54) is 12.1 Å². The maximum absolute atomic E-state index is 13.1. The molecule has 20 heavy (non-hydrogen) atoms. The number of halogens is 2. The van der Waals surface area contributed by atoms with Crippen molar-refractivity contribution >= 4 is 18.3 Å². The Morgan fingerprint density at radius 3 is 2.85 bits per heavy atom. The summed E-state index contributed by atoms with van der Waals surface area (Å²) in [5, 5.41) is 3.39. The van der Waals surface area contributed by atoms with E-state index >= 15 is 0 Å². The second-order valence-corrected chi connectivity index (χ2v) is 5.86. The van der Waals surface area contributed by atoms with E-state index in [2.05, 4.69) is 5.32 Å². The van der Waals surface area contributed by atoms with Crippen molar-refractivity contribution < 1.29 is 9.18 Å². The molecule has 1 unspecified atom stereocenters. The smallest absolute Gasteiger partial charge is 0.254 e. The highest BCUT2D eigenvalue weighted by Crippen LogP contribution is 2.36. The van der Waals surface area contributed by atoms with Crippen LogP contribution in [0.3, 0.4) is 0 Å². The maximum atomic E-state index is 13.1. The van der Waals surface area contributed by atoms with Crippen molar-refractivity contribution in [2.24, 2.45) is 5.41 Å². The molecular formula is C15H20ClFN2O. The van der Waals surface area contributed by atoms with Gasteiger partial charge >= 0.3 is 0 Å². The second-order valence-electron chi connectivity index (χ2n) is 5.86. The van der Waals surface area contributed by atoms with E-state index in [9.17, 15) is 9.18 Å². The predicted molar refractivity (Wildman–Crippen MR) is 78.8 cm³/mol. The molecule has 1 N–H and O–H groups in total. The Hall–Kier alpha value is -1.13. The van der Waals surface area contributed by atoms with E-state index in [0.29, 0.717) is 5.56 Å². The van der Waals surface area contributed by atoms with E-state index in [4.69, 9.17) is 0 Å². The molecule has 1 aromatic rings. The maximum Gasteiger partial charge on any atom is 0.254 e. The van der Waals surface area contributed by atoms with E-state index in [-0.39, 0.29) is 29.5 Å². The molecule has 0 radical (unpaired) electrons. The van der Waals surface area contributed by atoms with Gasteiger partial charge < -0.3 is 10.2 Å². The van der Waals surface area contributed by atoms with Gasteiger partial charge in [-0.3, -0.25) is 4.79 Å². The van der Waals surface area contributed by atoms with Gasteiger partial charge in [0.1, 0.15) is 5.82 Å². The van der Waals surface area contributed by atoms with E-state index in [0.717, 1.165) is 44.6 Å². The topological polar surface area (TPSA) is 32.3 Å². The molecule has 0 aromatic heterocycles. The van der Waals surface area contributed by atoms with Crippen LogP contribution in [-0.4, -0.2) is 37.0 Å². The SMILES string of the molecule is Cc1cc(F)ccc1C(=O)N1CCC2(CCNC2)C1.Cl. The van der Waals surface area contributed by atoms with Crippen LogP contribution in [0.4, 0.5) is 4.39 Å². The molecule has 2 saturated heterocycles. The fourth-order valence-electron chi connectivity index (χ4n) is 3.29. The van der Waals surface area contributed by atoms with Gasteiger partial charge in [0.2, 0.25) is 0 Å². The highest BCUT2D eigenvalue weighted by molar-refractivity contribution is 5.95. The van der Waals surface area contributed by atoms with Crippen LogP contribution >= 0.6 is 12.4 Å². The summed E-state index contributed by atoms with van der Waals surface area (Å²) in [7, 11) is 0. The molecule has 5 heteroatoms. The van der Waals surface area contributed by atoms with Crippen molar-refractivity contribution in [2.75, 3.05) is 26.2 Å². The standard InChI is InChI=1S/C15H19FN2O.ClH/c1-11-8-12(16)2-3-13(11)14(19)18-7-5-15(10-18)4-6-17-9-15;/h2-3,8,17H,4-7,9-10H2,1H3;1H. The lowest BCUT2D eigenvalue weighted by Crippen LogP contribution is -2.33. The number of carbonyl (C=O) groups excluding carboxylic acids is 1. The van der Waals surface area contributed by atoms with Crippen LogP contribution in [0.15, 0.2) is 18.2 Å². The van der Waals surface area contributed by atoms with Crippen LogP contribution in [0, 0.1) is 18.2 Å². The van der Waals surface area contributed by atoms with Crippen molar-refractivity contribution in [3.05, 3.63) is 35.1 Å². The second kappa shape index (κ2) is 5.70. The molecule has 2 aliphatic heterocycles. The largest absolute Gasteiger partial charge is 0.338 e. The highest BCUT2D eigenvalue weighted by Gasteiger charge is 2.42. The fraction of sp³-hybridized carbons (Fsp3) is 0.533. The molecule has 1 amide bonds. The zero-order valence-electron chi connectivity index (χ0n) is 11.6. The van der Waals surface area contributed by atoms with Gasteiger partial charge in [-0.05, 0) is 50.1 Å². The van der Waals surface area contributed by atoms with Crippen LogP contribution in [0.2, 0.25) is 0 Å². The summed E-state index contributed by atoms with van der Waals surface area (Å²) in [6.45, 7) is 5.50. The van der Waals surface area contributed by atoms with Crippen molar-refractivity contribution in [3.63, 3.8) is 0 Å². The number of likely N-dealkylation sites (tertiary alicyclic amines) is 1. The highest BCUT2D eigenvalue weighted by atomic mass is 35.5. The molecular weight excluding hydrogens is 279 g/mol. The first kappa shape index (κ1) is 15.3. The summed E-state index contributed by atoms with van der Waals surface area (Å²) in [5.41, 5.74) is 1.63. The average molecular weight is 299 g/mol. The third-order valence-electron chi connectivity index (χ3n) is 4.48. The van der Waals surface area contributed by atoms with Crippen molar-refractivity contribution in [2.45, 2.75) is 19.8 Å². The molecule has 3 nitrogen and oxygen atoms in total. The molecule has 2 fully saturated rings. The molecule has 1 spiro atoms. The number of hydrogen-bond acceptors (Lipinski definition) is 2. The Kier molecular flexibility index (Phi) is 4.35. The summed E-state index contributed by atoms with van der Waals surface area (Å²) in [6, 6.07) is 4.39. The van der Waals surface area contributed by atoms with Crippen LogP contribution < -0.4 is 5.32 Å². The number of benzene rings is 1. The molecule has 0 saturated carbocycles. The zero-order chi connectivity index (χ0) is 13.5. The third kappa shape index (κ3) is 2.67. The fourth-order valence-corrected chi connectivity index (χ4v) is 3.29. The molecule has 1 atom stereocenters. The van der Waals surface area contributed by atoms with Gasteiger partial charge in [0.25, 0.3) is 5.91 Å². The van der Waals surface area contributed by atoms with E-state index < -0.39 is 0 Å². The first-order chi connectivity index (χ1) is 9.10. The number of amides is 1. The Labute approximate surface area is 124 Å².